The predicted octanol–water partition coefficient (Wildman–Crippen LogP) is 2.53. The minimum absolute atomic E-state index is 0.00909. The number of rotatable bonds is 5. The zero-order valence-electron chi connectivity index (χ0n) is 13.2. The van der Waals surface area contributed by atoms with Crippen LogP contribution in [0.4, 0.5) is 0 Å². The van der Waals surface area contributed by atoms with Crippen LogP contribution in [0.3, 0.4) is 0 Å². The molecule has 2 heterocycles. The van der Waals surface area contributed by atoms with Crippen molar-refractivity contribution in [2.75, 3.05) is 7.11 Å². The highest BCUT2D eigenvalue weighted by molar-refractivity contribution is 7.11. The van der Waals surface area contributed by atoms with Crippen molar-refractivity contribution in [3.63, 3.8) is 0 Å². The fourth-order valence-electron chi connectivity index (χ4n) is 2.57. The Hall–Kier alpha value is -1.50. The maximum Gasteiger partial charge on any atom is 0.128 e. The van der Waals surface area contributed by atoms with Gasteiger partial charge in [-0.25, -0.2) is 4.98 Å². The predicted molar refractivity (Wildman–Crippen MR) is 85.6 cm³/mol. The summed E-state index contributed by atoms with van der Waals surface area (Å²) in [4.78, 5) is 10.2. The van der Waals surface area contributed by atoms with Crippen LogP contribution in [0.5, 0.6) is 5.75 Å². The van der Waals surface area contributed by atoms with E-state index in [1.807, 2.05) is 33.9 Å². The molecule has 0 aliphatic rings. The number of hydrogen-bond acceptors (Lipinski definition) is 6. The van der Waals surface area contributed by atoms with Crippen LogP contribution in [0.25, 0.3) is 0 Å². The van der Waals surface area contributed by atoms with Crippen molar-refractivity contribution in [2.45, 2.75) is 40.2 Å². The van der Waals surface area contributed by atoms with Crippen LogP contribution >= 0.6 is 11.3 Å². The Bertz CT molecular complexity index is 639. The lowest BCUT2D eigenvalue weighted by Crippen LogP contribution is -2.30. The summed E-state index contributed by atoms with van der Waals surface area (Å²) in [7, 11) is 1.69. The van der Waals surface area contributed by atoms with Crippen LogP contribution in [-0.4, -0.2) is 17.1 Å². The standard InChI is InChI=1S/C15H22N4OS/c1-8-7-17-12(9(2)14(8)20-5)6-13(19-16)15-10(3)18-11(4)21-15/h7,13,19H,6,16H2,1-5H3. The molecule has 3 N–H and O–H groups in total. The minimum Gasteiger partial charge on any atom is -0.496 e. The Labute approximate surface area is 129 Å². The average molecular weight is 306 g/mol. The van der Waals surface area contributed by atoms with Crippen LogP contribution in [0.1, 0.15) is 38.4 Å². The molecular formula is C15H22N4OS. The summed E-state index contributed by atoms with van der Waals surface area (Å²) >= 11 is 1.67. The number of aryl methyl sites for hydroxylation is 3. The van der Waals surface area contributed by atoms with E-state index in [4.69, 9.17) is 10.6 Å². The largest absolute Gasteiger partial charge is 0.496 e. The monoisotopic (exact) mass is 306 g/mol. The van der Waals surface area contributed by atoms with Gasteiger partial charge in [0, 0.05) is 34.3 Å². The fraction of sp³-hybridized carbons (Fsp3) is 0.467. The summed E-state index contributed by atoms with van der Waals surface area (Å²) < 4.78 is 5.46. The summed E-state index contributed by atoms with van der Waals surface area (Å²) in [5.41, 5.74) is 7.02. The Balaban J connectivity index is 2.33. The van der Waals surface area contributed by atoms with Crippen molar-refractivity contribution in [2.24, 2.45) is 5.84 Å². The number of ether oxygens (including phenoxy) is 1. The molecule has 0 aromatic carbocycles. The molecule has 0 amide bonds. The van der Waals surface area contributed by atoms with Crippen LogP contribution < -0.4 is 16.0 Å². The van der Waals surface area contributed by atoms with E-state index < -0.39 is 0 Å². The van der Waals surface area contributed by atoms with Gasteiger partial charge in [-0.05, 0) is 27.7 Å². The molecule has 0 saturated carbocycles. The van der Waals surface area contributed by atoms with Crippen LogP contribution in [0.2, 0.25) is 0 Å². The Morgan fingerprint density at radius 1 is 1.33 bits per heavy atom. The van der Waals surface area contributed by atoms with Gasteiger partial charge in [-0.3, -0.25) is 16.3 Å². The summed E-state index contributed by atoms with van der Waals surface area (Å²) in [6.07, 6.45) is 2.56. The number of thiazole rings is 1. The molecule has 0 fully saturated rings. The van der Waals surface area contributed by atoms with Crippen molar-refractivity contribution in [1.29, 1.82) is 0 Å². The third kappa shape index (κ3) is 3.23. The molecule has 2 rings (SSSR count). The Morgan fingerprint density at radius 3 is 2.57 bits per heavy atom. The quantitative estimate of drug-likeness (QED) is 0.656. The lowest BCUT2D eigenvalue weighted by molar-refractivity contribution is 0.406. The number of pyridine rings is 1. The molecule has 0 aliphatic carbocycles. The molecule has 1 atom stereocenters. The van der Waals surface area contributed by atoms with Crippen LogP contribution in [0, 0.1) is 27.7 Å². The van der Waals surface area contributed by atoms with E-state index in [0.717, 1.165) is 38.1 Å². The maximum absolute atomic E-state index is 5.75. The SMILES string of the molecule is COc1c(C)cnc(CC(NN)c2sc(C)nc2C)c1C. The van der Waals surface area contributed by atoms with Gasteiger partial charge in [0.15, 0.2) is 0 Å². The smallest absolute Gasteiger partial charge is 0.128 e. The minimum atomic E-state index is 0.00909. The highest BCUT2D eigenvalue weighted by atomic mass is 32.1. The number of hydrogen-bond donors (Lipinski definition) is 2. The fourth-order valence-corrected chi connectivity index (χ4v) is 3.56. The molecule has 2 aromatic rings. The van der Waals surface area contributed by atoms with Crippen LogP contribution in [-0.2, 0) is 6.42 Å². The highest BCUT2D eigenvalue weighted by Crippen LogP contribution is 2.30. The van der Waals surface area contributed by atoms with E-state index in [1.54, 1.807) is 18.4 Å². The summed E-state index contributed by atoms with van der Waals surface area (Å²) in [5.74, 6) is 6.65. The third-order valence-corrected chi connectivity index (χ3v) is 4.79. The topological polar surface area (TPSA) is 73.1 Å². The number of aromatic nitrogens is 2. The van der Waals surface area contributed by atoms with Gasteiger partial charge in [-0.1, -0.05) is 0 Å². The van der Waals surface area contributed by atoms with Crippen molar-refractivity contribution >= 4 is 11.3 Å². The molecule has 6 heteroatoms. The lowest BCUT2D eigenvalue weighted by Gasteiger charge is -2.17. The molecule has 21 heavy (non-hydrogen) atoms. The van der Waals surface area contributed by atoms with Gasteiger partial charge >= 0.3 is 0 Å². The summed E-state index contributed by atoms with van der Waals surface area (Å²) in [6.45, 7) is 8.05. The molecule has 0 bridgehead atoms. The second-order valence-corrected chi connectivity index (χ2v) is 6.39. The molecule has 0 radical (unpaired) electrons. The number of nitrogens with one attached hydrogen (secondary N) is 1. The molecule has 5 nitrogen and oxygen atoms in total. The molecule has 0 saturated heterocycles. The zero-order chi connectivity index (χ0) is 15.6. The van der Waals surface area contributed by atoms with Gasteiger partial charge < -0.3 is 4.74 Å². The lowest BCUT2D eigenvalue weighted by atomic mass is 10.0. The number of nitrogens with two attached hydrogens (primary N) is 1. The van der Waals surface area contributed by atoms with Crippen LogP contribution in [0.15, 0.2) is 6.20 Å². The molecule has 1 unspecified atom stereocenters. The molecule has 2 aromatic heterocycles. The Morgan fingerprint density at radius 2 is 2.05 bits per heavy atom. The normalized spacial score (nSPS) is 12.5. The molecule has 0 aliphatic heterocycles. The first kappa shape index (κ1) is 15.9. The first-order chi connectivity index (χ1) is 9.97. The van der Waals surface area contributed by atoms with E-state index in [2.05, 4.69) is 15.4 Å². The van der Waals surface area contributed by atoms with Gasteiger partial charge in [-0.15, -0.1) is 11.3 Å². The van der Waals surface area contributed by atoms with Gasteiger partial charge in [-0.2, -0.15) is 0 Å². The molecular weight excluding hydrogens is 284 g/mol. The van der Waals surface area contributed by atoms with Gasteiger partial charge in [0.25, 0.3) is 0 Å². The first-order valence-electron chi connectivity index (χ1n) is 6.87. The third-order valence-electron chi connectivity index (χ3n) is 3.60. The van der Waals surface area contributed by atoms with Gasteiger partial charge in [0.2, 0.25) is 0 Å². The number of hydrazine groups is 1. The van der Waals surface area contributed by atoms with E-state index in [1.165, 1.54) is 0 Å². The first-order valence-corrected chi connectivity index (χ1v) is 7.68. The van der Waals surface area contributed by atoms with Crippen molar-refractivity contribution in [1.82, 2.24) is 15.4 Å². The van der Waals surface area contributed by atoms with Crippen molar-refractivity contribution in [3.8, 4) is 5.75 Å². The summed E-state index contributed by atoms with van der Waals surface area (Å²) in [6, 6.07) is 0.00909. The number of methoxy groups -OCH3 is 1. The highest BCUT2D eigenvalue weighted by Gasteiger charge is 2.20. The van der Waals surface area contributed by atoms with Gasteiger partial charge in [0.1, 0.15) is 5.75 Å². The Kier molecular flexibility index (Phi) is 4.92. The van der Waals surface area contributed by atoms with E-state index in [0.29, 0.717) is 6.42 Å². The van der Waals surface area contributed by atoms with E-state index in [9.17, 15) is 0 Å². The van der Waals surface area contributed by atoms with Crippen molar-refractivity contribution in [3.05, 3.63) is 38.6 Å². The van der Waals surface area contributed by atoms with Crippen molar-refractivity contribution < 1.29 is 4.74 Å². The zero-order valence-corrected chi connectivity index (χ0v) is 14.0. The average Bonchev–Trinajstić information content (AvgIpc) is 2.77. The maximum atomic E-state index is 5.75. The molecule has 0 spiro atoms. The van der Waals surface area contributed by atoms with Gasteiger partial charge in [0.05, 0.1) is 23.9 Å². The number of nitrogens with zero attached hydrogens (tertiary/aromatic N) is 2. The second kappa shape index (κ2) is 6.51. The summed E-state index contributed by atoms with van der Waals surface area (Å²) in [5, 5.41) is 1.05. The van der Waals surface area contributed by atoms with E-state index in [-0.39, 0.29) is 6.04 Å². The molecule has 114 valence electrons. The second-order valence-electron chi connectivity index (χ2n) is 5.15. The van der Waals surface area contributed by atoms with E-state index >= 15 is 0 Å².